The Hall–Kier alpha value is -1.31. The van der Waals surface area contributed by atoms with E-state index >= 15 is 0 Å². The minimum absolute atomic E-state index is 0. The van der Waals surface area contributed by atoms with Crippen molar-refractivity contribution in [3.05, 3.63) is 29.8 Å². The van der Waals surface area contributed by atoms with E-state index in [0.29, 0.717) is 30.6 Å². The molecule has 1 amide bonds. The quantitative estimate of drug-likeness (QED) is 0.856. The SMILES string of the molecule is Cl.NC[C@H]1CC[C@@H](C(=O)Nc2ccccc2CCC(F)(F)F)O1. The predicted molar refractivity (Wildman–Crippen MR) is 83.6 cm³/mol. The number of nitrogens with one attached hydrogen (secondary N) is 1. The molecule has 0 spiro atoms. The van der Waals surface area contributed by atoms with Gasteiger partial charge in [0.15, 0.2) is 0 Å². The Balaban J connectivity index is 0.00000264. The van der Waals surface area contributed by atoms with E-state index in [1.165, 1.54) is 0 Å². The van der Waals surface area contributed by atoms with Crippen molar-refractivity contribution in [3.63, 3.8) is 0 Å². The maximum absolute atomic E-state index is 12.3. The number of amides is 1. The minimum Gasteiger partial charge on any atom is -0.364 e. The van der Waals surface area contributed by atoms with Crippen molar-refractivity contribution in [2.24, 2.45) is 5.73 Å². The highest BCUT2D eigenvalue weighted by Crippen LogP contribution is 2.26. The molecular weight excluding hydrogens is 333 g/mol. The summed E-state index contributed by atoms with van der Waals surface area (Å²) in [7, 11) is 0. The van der Waals surface area contributed by atoms with Gasteiger partial charge in [-0.15, -0.1) is 12.4 Å². The second-order valence-corrected chi connectivity index (χ2v) is 5.32. The molecule has 1 aromatic rings. The topological polar surface area (TPSA) is 64.4 Å². The van der Waals surface area contributed by atoms with E-state index in [0.717, 1.165) is 0 Å². The van der Waals surface area contributed by atoms with Gasteiger partial charge in [0.2, 0.25) is 0 Å². The molecule has 1 aliphatic rings. The van der Waals surface area contributed by atoms with Crippen molar-refractivity contribution in [2.45, 2.75) is 44.1 Å². The number of rotatable bonds is 5. The maximum Gasteiger partial charge on any atom is 0.389 e. The maximum atomic E-state index is 12.3. The summed E-state index contributed by atoms with van der Waals surface area (Å²) in [5, 5.41) is 2.66. The Morgan fingerprint density at radius 2 is 2.00 bits per heavy atom. The van der Waals surface area contributed by atoms with Crippen LogP contribution in [0.2, 0.25) is 0 Å². The number of alkyl halides is 3. The lowest BCUT2D eigenvalue weighted by molar-refractivity contribution is -0.133. The fourth-order valence-electron chi connectivity index (χ4n) is 2.42. The van der Waals surface area contributed by atoms with E-state index in [1.807, 2.05) is 0 Å². The molecule has 0 saturated carbocycles. The molecule has 2 atom stereocenters. The molecule has 23 heavy (non-hydrogen) atoms. The summed E-state index contributed by atoms with van der Waals surface area (Å²) < 4.78 is 42.5. The second kappa shape index (κ2) is 8.52. The van der Waals surface area contributed by atoms with Gasteiger partial charge in [-0.2, -0.15) is 13.2 Å². The van der Waals surface area contributed by atoms with Gasteiger partial charge in [0, 0.05) is 18.7 Å². The molecule has 1 heterocycles. The summed E-state index contributed by atoms with van der Waals surface area (Å²) >= 11 is 0. The number of benzene rings is 1. The molecule has 1 fully saturated rings. The third-order valence-electron chi connectivity index (χ3n) is 3.62. The van der Waals surface area contributed by atoms with Crippen LogP contribution in [0.1, 0.15) is 24.8 Å². The van der Waals surface area contributed by atoms with Crippen LogP contribution in [0.5, 0.6) is 0 Å². The number of halogens is 4. The number of para-hydroxylation sites is 1. The lowest BCUT2D eigenvalue weighted by atomic mass is 10.1. The third-order valence-corrected chi connectivity index (χ3v) is 3.62. The summed E-state index contributed by atoms with van der Waals surface area (Å²) in [6.07, 6.45) is -4.75. The Labute approximate surface area is 139 Å². The minimum atomic E-state index is -4.22. The molecule has 8 heteroatoms. The number of carbonyl (C=O) groups is 1. The van der Waals surface area contributed by atoms with Crippen LogP contribution in [0.15, 0.2) is 24.3 Å². The summed E-state index contributed by atoms with van der Waals surface area (Å²) in [5.41, 5.74) is 6.35. The number of hydrogen-bond acceptors (Lipinski definition) is 3. The molecule has 1 aromatic carbocycles. The van der Waals surface area contributed by atoms with Crippen LogP contribution in [0, 0.1) is 0 Å². The van der Waals surface area contributed by atoms with Crippen molar-refractivity contribution in [2.75, 3.05) is 11.9 Å². The zero-order valence-corrected chi connectivity index (χ0v) is 13.3. The normalized spacial score (nSPS) is 20.9. The number of anilines is 1. The van der Waals surface area contributed by atoms with Crippen LogP contribution in [-0.4, -0.2) is 30.8 Å². The molecule has 0 unspecified atom stereocenters. The van der Waals surface area contributed by atoms with Crippen molar-refractivity contribution >= 4 is 24.0 Å². The average Bonchev–Trinajstić information content (AvgIpc) is 2.94. The number of hydrogen-bond donors (Lipinski definition) is 2. The average molecular weight is 353 g/mol. The second-order valence-electron chi connectivity index (χ2n) is 5.32. The van der Waals surface area contributed by atoms with E-state index in [9.17, 15) is 18.0 Å². The first-order chi connectivity index (χ1) is 10.4. The lowest BCUT2D eigenvalue weighted by Gasteiger charge is -2.15. The van der Waals surface area contributed by atoms with E-state index < -0.39 is 18.7 Å². The van der Waals surface area contributed by atoms with Gasteiger partial charge in [0.1, 0.15) is 6.10 Å². The number of carbonyl (C=O) groups excluding carboxylic acids is 1. The van der Waals surface area contributed by atoms with Gasteiger partial charge >= 0.3 is 6.18 Å². The van der Waals surface area contributed by atoms with Gasteiger partial charge in [0.25, 0.3) is 5.91 Å². The molecule has 130 valence electrons. The molecular formula is C15H20ClF3N2O2. The van der Waals surface area contributed by atoms with Gasteiger partial charge in [-0.1, -0.05) is 18.2 Å². The number of aryl methyl sites for hydroxylation is 1. The van der Waals surface area contributed by atoms with Crippen molar-refractivity contribution in [1.29, 1.82) is 0 Å². The first-order valence-electron chi connectivity index (χ1n) is 7.20. The number of nitrogens with two attached hydrogens (primary N) is 1. The van der Waals surface area contributed by atoms with E-state index in [4.69, 9.17) is 10.5 Å². The standard InChI is InChI=1S/C15H19F3N2O2.ClH/c16-15(17,18)8-7-10-3-1-2-4-12(10)20-14(21)13-6-5-11(9-19)22-13;/h1-4,11,13H,5-9,19H2,(H,20,21);1H/t11-,13+;/m1./s1. The molecule has 0 aromatic heterocycles. The summed E-state index contributed by atoms with van der Waals surface area (Å²) in [5.74, 6) is -0.338. The molecule has 0 bridgehead atoms. The van der Waals surface area contributed by atoms with Crippen LogP contribution in [0.3, 0.4) is 0 Å². The highest BCUT2D eigenvalue weighted by Gasteiger charge is 2.30. The summed E-state index contributed by atoms with van der Waals surface area (Å²) in [4.78, 5) is 12.1. The largest absolute Gasteiger partial charge is 0.389 e. The van der Waals surface area contributed by atoms with E-state index in [2.05, 4.69) is 5.32 Å². The summed E-state index contributed by atoms with van der Waals surface area (Å²) in [6, 6.07) is 6.50. The van der Waals surface area contributed by atoms with Gasteiger partial charge in [-0.05, 0) is 30.9 Å². The number of ether oxygens (including phenoxy) is 1. The highest BCUT2D eigenvalue weighted by atomic mass is 35.5. The van der Waals surface area contributed by atoms with Gasteiger partial charge in [-0.3, -0.25) is 4.79 Å². The van der Waals surface area contributed by atoms with Crippen molar-refractivity contribution in [1.82, 2.24) is 0 Å². The molecule has 3 N–H and O–H groups in total. The zero-order valence-electron chi connectivity index (χ0n) is 12.4. The third kappa shape index (κ3) is 6.01. The van der Waals surface area contributed by atoms with Crippen LogP contribution < -0.4 is 11.1 Å². The van der Waals surface area contributed by atoms with Crippen LogP contribution in [0.25, 0.3) is 0 Å². The van der Waals surface area contributed by atoms with Crippen LogP contribution in [0.4, 0.5) is 18.9 Å². The van der Waals surface area contributed by atoms with Crippen molar-refractivity contribution < 1.29 is 22.7 Å². The fraction of sp³-hybridized carbons (Fsp3) is 0.533. The summed E-state index contributed by atoms with van der Waals surface area (Å²) in [6.45, 7) is 0.353. The molecule has 1 saturated heterocycles. The van der Waals surface area contributed by atoms with E-state index in [-0.39, 0.29) is 30.8 Å². The fourth-order valence-corrected chi connectivity index (χ4v) is 2.42. The van der Waals surface area contributed by atoms with Crippen molar-refractivity contribution in [3.8, 4) is 0 Å². The van der Waals surface area contributed by atoms with Gasteiger partial charge in [-0.25, -0.2) is 0 Å². The molecule has 4 nitrogen and oxygen atoms in total. The zero-order chi connectivity index (χ0) is 16.2. The first kappa shape index (κ1) is 19.7. The molecule has 2 rings (SSSR count). The molecule has 1 aliphatic heterocycles. The smallest absolute Gasteiger partial charge is 0.364 e. The lowest BCUT2D eigenvalue weighted by Crippen LogP contribution is -2.30. The Bertz CT molecular complexity index is 526. The van der Waals surface area contributed by atoms with Crippen LogP contribution >= 0.6 is 12.4 Å². The first-order valence-corrected chi connectivity index (χ1v) is 7.20. The monoisotopic (exact) mass is 352 g/mol. The Morgan fingerprint density at radius 1 is 1.30 bits per heavy atom. The van der Waals surface area contributed by atoms with Gasteiger partial charge in [0.05, 0.1) is 6.10 Å². The molecule has 0 radical (unpaired) electrons. The Morgan fingerprint density at radius 3 is 2.61 bits per heavy atom. The van der Waals surface area contributed by atoms with Gasteiger partial charge < -0.3 is 15.8 Å². The Kier molecular flexibility index (Phi) is 7.31. The van der Waals surface area contributed by atoms with E-state index in [1.54, 1.807) is 24.3 Å². The van der Waals surface area contributed by atoms with Crippen LogP contribution in [-0.2, 0) is 16.0 Å². The molecule has 0 aliphatic carbocycles. The highest BCUT2D eigenvalue weighted by molar-refractivity contribution is 5.95. The predicted octanol–water partition coefficient (Wildman–Crippen LogP) is 3.05.